The molecular formula is C17H18N2O. The van der Waals surface area contributed by atoms with Crippen molar-refractivity contribution in [3.63, 3.8) is 0 Å². The fraction of sp³-hybridized carbons (Fsp3) is 0.294. The zero-order valence-electron chi connectivity index (χ0n) is 11.8. The van der Waals surface area contributed by atoms with E-state index in [9.17, 15) is 4.79 Å². The maximum atomic E-state index is 12.8. The van der Waals surface area contributed by atoms with Crippen molar-refractivity contribution in [2.75, 3.05) is 4.90 Å². The Bertz CT molecular complexity index is 624. The number of carbonyl (C=O) groups is 1. The molecule has 20 heavy (non-hydrogen) atoms. The molecule has 1 aliphatic heterocycles. The number of hydrogen-bond donors (Lipinski definition) is 0. The molecule has 1 aromatic heterocycles. The number of anilines is 1. The van der Waals surface area contributed by atoms with E-state index in [1.807, 2.05) is 29.2 Å². The summed E-state index contributed by atoms with van der Waals surface area (Å²) in [6.45, 7) is 4.34. The van der Waals surface area contributed by atoms with Gasteiger partial charge in [0, 0.05) is 24.1 Å². The van der Waals surface area contributed by atoms with E-state index in [-0.39, 0.29) is 11.9 Å². The van der Waals surface area contributed by atoms with Crippen LogP contribution < -0.4 is 4.90 Å². The molecule has 1 aromatic carbocycles. The summed E-state index contributed by atoms with van der Waals surface area (Å²) >= 11 is 0. The molecule has 3 rings (SSSR count). The molecule has 0 spiro atoms. The van der Waals surface area contributed by atoms with Gasteiger partial charge in [0.05, 0.1) is 5.56 Å². The Morgan fingerprint density at radius 3 is 2.75 bits per heavy atom. The molecule has 0 unspecified atom stereocenters. The Kier molecular flexibility index (Phi) is 3.26. The highest BCUT2D eigenvalue weighted by Gasteiger charge is 2.32. The summed E-state index contributed by atoms with van der Waals surface area (Å²) in [6.07, 6.45) is 4.31. The summed E-state index contributed by atoms with van der Waals surface area (Å²) in [4.78, 5) is 18.7. The van der Waals surface area contributed by atoms with Crippen LogP contribution in [-0.2, 0) is 0 Å². The van der Waals surface area contributed by atoms with Crippen molar-refractivity contribution < 1.29 is 4.79 Å². The van der Waals surface area contributed by atoms with Gasteiger partial charge in [0.25, 0.3) is 5.91 Å². The van der Waals surface area contributed by atoms with Crippen molar-refractivity contribution in [2.45, 2.75) is 32.2 Å². The Hall–Kier alpha value is -2.16. The molecule has 3 heteroatoms. The number of carbonyl (C=O) groups excluding carboxylic acids is 1. The second kappa shape index (κ2) is 5.08. The number of rotatable bonds is 1. The number of para-hydroxylation sites is 1. The molecule has 0 fully saturated rings. The van der Waals surface area contributed by atoms with Gasteiger partial charge in [-0.15, -0.1) is 0 Å². The van der Waals surface area contributed by atoms with Gasteiger partial charge >= 0.3 is 0 Å². The lowest BCUT2D eigenvalue weighted by atomic mass is 9.87. The molecule has 2 atom stereocenters. The van der Waals surface area contributed by atoms with Crippen LogP contribution in [0.15, 0.2) is 48.8 Å². The minimum absolute atomic E-state index is 0.0324. The second-order valence-electron chi connectivity index (χ2n) is 5.46. The fourth-order valence-electron chi connectivity index (χ4n) is 3.04. The van der Waals surface area contributed by atoms with Gasteiger partial charge in [-0.25, -0.2) is 0 Å². The summed E-state index contributed by atoms with van der Waals surface area (Å²) in [5, 5.41) is 0. The van der Waals surface area contributed by atoms with E-state index in [2.05, 4.69) is 24.9 Å². The van der Waals surface area contributed by atoms with Gasteiger partial charge in [-0.1, -0.05) is 25.1 Å². The van der Waals surface area contributed by atoms with Crippen LogP contribution in [0, 0.1) is 0 Å². The third-order valence-electron chi connectivity index (χ3n) is 3.99. The zero-order valence-corrected chi connectivity index (χ0v) is 11.8. The first-order chi connectivity index (χ1) is 9.68. The van der Waals surface area contributed by atoms with Crippen LogP contribution in [0.2, 0.25) is 0 Å². The van der Waals surface area contributed by atoms with Gasteiger partial charge in [-0.05, 0) is 43.0 Å². The lowest BCUT2D eigenvalue weighted by Crippen LogP contribution is -2.42. The molecule has 0 N–H and O–H groups in total. The van der Waals surface area contributed by atoms with E-state index in [1.54, 1.807) is 18.5 Å². The standard InChI is InChI=1S/C17H18N2O/c1-12-10-13(2)19(16-8-4-3-7-15(12)16)17(20)14-6-5-9-18-11-14/h3-9,11-13H,10H2,1-2H3/t12-,13+/m0/s1. The number of pyridine rings is 1. The molecular weight excluding hydrogens is 248 g/mol. The van der Waals surface area contributed by atoms with Crippen LogP contribution in [0.1, 0.15) is 42.1 Å². The fourth-order valence-corrected chi connectivity index (χ4v) is 3.04. The molecule has 0 aliphatic carbocycles. The van der Waals surface area contributed by atoms with Gasteiger partial charge in [0.1, 0.15) is 0 Å². The van der Waals surface area contributed by atoms with E-state index >= 15 is 0 Å². The van der Waals surface area contributed by atoms with Gasteiger partial charge in [-0.3, -0.25) is 9.78 Å². The smallest absolute Gasteiger partial charge is 0.260 e. The normalized spacial score (nSPS) is 21.4. The Balaban J connectivity index is 2.05. The van der Waals surface area contributed by atoms with Crippen molar-refractivity contribution in [1.29, 1.82) is 0 Å². The largest absolute Gasteiger partial charge is 0.305 e. The third kappa shape index (κ3) is 2.09. The van der Waals surface area contributed by atoms with Crippen LogP contribution in [0.3, 0.4) is 0 Å². The van der Waals surface area contributed by atoms with Crippen molar-refractivity contribution in [1.82, 2.24) is 4.98 Å². The highest BCUT2D eigenvalue weighted by Crippen LogP contribution is 2.38. The molecule has 0 bridgehead atoms. The predicted molar refractivity (Wildman–Crippen MR) is 80.0 cm³/mol. The van der Waals surface area contributed by atoms with E-state index in [1.165, 1.54) is 5.56 Å². The molecule has 1 aliphatic rings. The number of hydrogen-bond acceptors (Lipinski definition) is 2. The summed E-state index contributed by atoms with van der Waals surface area (Å²) in [5.41, 5.74) is 2.93. The first-order valence-electron chi connectivity index (χ1n) is 7.01. The van der Waals surface area contributed by atoms with Crippen molar-refractivity contribution in [2.24, 2.45) is 0 Å². The Morgan fingerprint density at radius 2 is 2.00 bits per heavy atom. The molecule has 2 heterocycles. The highest BCUT2D eigenvalue weighted by molar-refractivity contribution is 6.07. The lowest BCUT2D eigenvalue weighted by Gasteiger charge is -2.38. The third-order valence-corrected chi connectivity index (χ3v) is 3.99. The average Bonchev–Trinajstić information content (AvgIpc) is 2.48. The number of fused-ring (bicyclic) bond motifs is 1. The Morgan fingerprint density at radius 1 is 1.20 bits per heavy atom. The van der Waals surface area contributed by atoms with Gasteiger partial charge in [0.15, 0.2) is 0 Å². The number of benzene rings is 1. The van der Waals surface area contributed by atoms with Crippen LogP contribution in [-0.4, -0.2) is 16.9 Å². The van der Waals surface area contributed by atoms with Crippen molar-refractivity contribution in [3.8, 4) is 0 Å². The molecule has 1 amide bonds. The molecule has 0 radical (unpaired) electrons. The van der Waals surface area contributed by atoms with Crippen LogP contribution in [0.4, 0.5) is 5.69 Å². The van der Waals surface area contributed by atoms with E-state index in [0.717, 1.165) is 12.1 Å². The summed E-state index contributed by atoms with van der Waals surface area (Å²) in [5.74, 6) is 0.518. The first kappa shape index (κ1) is 12.9. The number of aromatic nitrogens is 1. The van der Waals surface area contributed by atoms with Gasteiger partial charge in [0.2, 0.25) is 0 Å². The zero-order chi connectivity index (χ0) is 14.1. The molecule has 102 valence electrons. The monoisotopic (exact) mass is 266 g/mol. The van der Waals surface area contributed by atoms with Crippen molar-refractivity contribution in [3.05, 3.63) is 59.9 Å². The van der Waals surface area contributed by atoms with Crippen molar-refractivity contribution >= 4 is 11.6 Å². The SMILES string of the molecule is C[C@@H]1C[C@H](C)c2ccccc2N1C(=O)c1cccnc1. The summed E-state index contributed by atoms with van der Waals surface area (Å²) in [7, 11) is 0. The molecule has 0 saturated heterocycles. The van der Waals surface area contributed by atoms with Crippen LogP contribution >= 0.6 is 0 Å². The molecule has 0 saturated carbocycles. The topological polar surface area (TPSA) is 33.2 Å². The second-order valence-corrected chi connectivity index (χ2v) is 5.46. The maximum Gasteiger partial charge on any atom is 0.260 e. The Labute approximate surface area is 119 Å². The maximum absolute atomic E-state index is 12.8. The number of nitrogens with zero attached hydrogens (tertiary/aromatic N) is 2. The highest BCUT2D eigenvalue weighted by atomic mass is 16.2. The van der Waals surface area contributed by atoms with Gasteiger partial charge in [-0.2, -0.15) is 0 Å². The van der Waals surface area contributed by atoms with Crippen LogP contribution in [0.25, 0.3) is 0 Å². The quantitative estimate of drug-likeness (QED) is 0.789. The predicted octanol–water partition coefficient (Wildman–Crippen LogP) is 3.62. The summed E-state index contributed by atoms with van der Waals surface area (Å²) in [6, 6.07) is 12.0. The molecule has 2 aromatic rings. The number of amides is 1. The summed E-state index contributed by atoms with van der Waals surface area (Å²) < 4.78 is 0. The minimum Gasteiger partial charge on any atom is -0.305 e. The van der Waals surface area contributed by atoms with E-state index in [4.69, 9.17) is 0 Å². The lowest BCUT2D eigenvalue weighted by molar-refractivity contribution is 0.0973. The minimum atomic E-state index is 0.0324. The first-order valence-corrected chi connectivity index (χ1v) is 7.01. The molecule has 3 nitrogen and oxygen atoms in total. The average molecular weight is 266 g/mol. The van der Waals surface area contributed by atoms with E-state index < -0.39 is 0 Å². The van der Waals surface area contributed by atoms with Crippen LogP contribution in [0.5, 0.6) is 0 Å². The van der Waals surface area contributed by atoms with Gasteiger partial charge < -0.3 is 4.90 Å². The van der Waals surface area contributed by atoms with E-state index in [0.29, 0.717) is 11.5 Å².